The molecule has 2 aliphatic rings. The van der Waals surface area contributed by atoms with Crippen molar-refractivity contribution >= 4 is 0 Å². The van der Waals surface area contributed by atoms with Gasteiger partial charge in [-0.15, -0.1) is 10.2 Å². The van der Waals surface area contributed by atoms with Crippen LogP contribution in [0.25, 0.3) is 0 Å². The molecule has 4 rings (SSSR count). The number of piperidine rings is 2. The number of hydrogen-bond donors (Lipinski definition) is 0. The molecule has 0 aliphatic carbocycles. The molecule has 0 aromatic carbocycles. The lowest BCUT2D eigenvalue weighted by Gasteiger charge is -2.31. The quantitative estimate of drug-likeness (QED) is 0.768. The van der Waals surface area contributed by atoms with Gasteiger partial charge in [0.1, 0.15) is 11.6 Å². The maximum absolute atomic E-state index is 4.62. The van der Waals surface area contributed by atoms with E-state index in [-0.39, 0.29) is 0 Å². The largest absolute Gasteiger partial charge is 0.317 e. The Kier molecular flexibility index (Phi) is 6.37. The highest BCUT2D eigenvalue weighted by molar-refractivity contribution is 5.14. The lowest BCUT2D eigenvalue weighted by Crippen LogP contribution is -2.33. The van der Waals surface area contributed by atoms with Crippen LogP contribution < -0.4 is 0 Å². The normalized spacial score (nSPS) is 19.9. The van der Waals surface area contributed by atoms with Crippen molar-refractivity contribution in [2.75, 3.05) is 26.2 Å². The van der Waals surface area contributed by atoms with Gasteiger partial charge in [-0.1, -0.05) is 19.4 Å². The van der Waals surface area contributed by atoms with Gasteiger partial charge < -0.3 is 4.57 Å². The summed E-state index contributed by atoms with van der Waals surface area (Å²) in [6.07, 6.45) is 9.39. The number of aryl methyl sites for hydroxylation is 1. The highest BCUT2D eigenvalue weighted by atomic mass is 15.3. The van der Waals surface area contributed by atoms with Gasteiger partial charge in [0.05, 0.1) is 12.2 Å². The fourth-order valence-corrected chi connectivity index (χ4v) is 4.52. The summed E-state index contributed by atoms with van der Waals surface area (Å²) in [5.74, 6) is 2.83. The van der Waals surface area contributed by atoms with Gasteiger partial charge >= 0.3 is 0 Å². The Labute approximate surface area is 169 Å². The molecule has 0 spiro atoms. The Morgan fingerprint density at radius 2 is 1.68 bits per heavy atom. The molecule has 2 aromatic rings. The van der Waals surface area contributed by atoms with Crippen LogP contribution in [0.3, 0.4) is 0 Å². The summed E-state index contributed by atoms with van der Waals surface area (Å²) in [5, 5.41) is 9.12. The molecule has 4 heterocycles. The molecule has 2 aromatic heterocycles. The topological polar surface area (TPSA) is 50.1 Å². The van der Waals surface area contributed by atoms with Gasteiger partial charge in [-0.2, -0.15) is 0 Å². The summed E-state index contributed by atoms with van der Waals surface area (Å²) in [6.45, 7) is 8.69. The van der Waals surface area contributed by atoms with Crippen LogP contribution in [0, 0.1) is 0 Å². The monoisotopic (exact) mass is 382 g/mol. The fourth-order valence-electron chi connectivity index (χ4n) is 4.52. The first-order chi connectivity index (χ1) is 13.7. The molecular formula is C22H34N6. The summed E-state index contributed by atoms with van der Waals surface area (Å²) in [4.78, 5) is 9.67. The predicted molar refractivity (Wildman–Crippen MR) is 111 cm³/mol. The Bertz CT molecular complexity index is 739. The lowest BCUT2D eigenvalue weighted by atomic mass is 9.96. The van der Waals surface area contributed by atoms with Gasteiger partial charge in [0.15, 0.2) is 0 Å². The van der Waals surface area contributed by atoms with Crippen LogP contribution in [-0.4, -0.2) is 55.7 Å². The average molecular weight is 383 g/mol. The second-order valence-electron chi connectivity index (χ2n) is 8.43. The van der Waals surface area contributed by atoms with Crippen LogP contribution in [0.1, 0.15) is 67.9 Å². The first-order valence-corrected chi connectivity index (χ1v) is 11.0. The maximum atomic E-state index is 4.62. The standard InChI is InChI=1S/C22H34N6/c1-3-18-7-8-20(23-15-18)16-28-13-9-19(10-14-28)22-25-24-21(26(22)2)17-27-11-5-4-6-12-27/h7-8,15,19H,3-6,9-14,16-17H2,1-2H3. The van der Waals surface area contributed by atoms with Crippen molar-refractivity contribution < 1.29 is 0 Å². The van der Waals surface area contributed by atoms with E-state index in [1.165, 1.54) is 49.4 Å². The van der Waals surface area contributed by atoms with Crippen LogP contribution in [-0.2, 0) is 26.6 Å². The van der Waals surface area contributed by atoms with E-state index in [2.05, 4.69) is 55.7 Å². The van der Waals surface area contributed by atoms with E-state index in [0.717, 1.165) is 51.3 Å². The maximum Gasteiger partial charge on any atom is 0.146 e. The molecular weight excluding hydrogens is 348 g/mol. The van der Waals surface area contributed by atoms with E-state index in [0.29, 0.717) is 5.92 Å². The Morgan fingerprint density at radius 1 is 0.929 bits per heavy atom. The van der Waals surface area contributed by atoms with Crippen molar-refractivity contribution in [2.24, 2.45) is 7.05 Å². The van der Waals surface area contributed by atoms with E-state index >= 15 is 0 Å². The molecule has 2 fully saturated rings. The zero-order valence-electron chi connectivity index (χ0n) is 17.5. The minimum Gasteiger partial charge on any atom is -0.317 e. The second kappa shape index (κ2) is 9.14. The third-order valence-electron chi connectivity index (χ3n) is 6.44. The van der Waals surface area contributed by atoms with E-state index < -0.39 is 0 Å². The summed E-state index contributed by atoms with van der Waals surface area (Å²) in [7, 11) is 2.15. The first kappa shape index (κ1) is 19.5. The first-order valence-electron chi connectivity index (χ1n) is 11.0. The van der Waals surface area contributed by atoms with Crippen LogP contribution in [0.2, 0.25) is 0 Å². The molecule has 0 radical (unpaired) electrons. The number of aromatic nitrogens is 4. The van der Waals surface area contributed by atoms with E-state index in [4.69, 9.17) is 0 Å². The van der Waals surface area contributed by atoms with Gasteiger partial charge in [0, 0.05) is 25.7 Å². The molecule has 0 atom stereocenters. The second-order valence-corrected chi connectivity index (χ2v) is 8.43. The minimum absolute atomic E-state index is 0.527. The van der Waals surface area contributed by atoms with Crippen molar-refractivity contribution in [3.05, 3.63) is 41.2 Å². The summed E-state index contributed by atoms with van der Waals surface area (Å²) in [5.41, 5.74) is 2.49. The smallest absolute Gasteiger partial charge is 0.146 e. The third kappa shape index (κ3) is 4.61. The molecule has 0 N–H and O–H groups in total. The zero-order chi connectivity index (χ0) is 19.3. The van der Waals surface area contributed by atoms with Crippen molar-refractivity contribution in [3.63, 3.8) is 0 Å². The van der Waals surface area contributed by atoms with Gasteiger partial charge in [0.2, 0.25) is 0 Å². The summed E-state index contributed by atoms with van der Waals surface area (Å²) >= 11 is 0. The Morgan fingerprint density at radius 3 is 2.36 bits per heavy atom. The molecule has 0 saturated carbocycles. The van der Waals surface area contributed by atoms with Crippen molar-refractivity contribution in [1.29, 1.82) is 0 Å². The van der Waals surface area contributed by atoms with Crippen molar-refractivity contribution in [3.8, 4) is 0 Å². The van der Waals surface area contributed by atoms with Gasteiger partial charge in [0.25, 0.3) is 0 Å². The molecule has 28 heavy (non-hydrogen) atoms. The number of pyridine rings is 1. The molecule has 0 unspecified atom stereocenters. The summed E-state index contributed by atoms with van der Waals surface area (Å²) < 4.78 is 2.26. The van der Waals surface area contributed by atoms with Crippen LogP contribution in [0.5, 0.6) is 0 Å². The van der Waals surface area contributed by atoms with Crippen LogP contribution >= 0.6 is 0 Å². The molecule has 6 heteroatoms. The van der Waals surface area contributed by atoms with Crippen molar-refractivity contribution in [2.45, 2.75) is 64.5 Å². The number of hydrogen-bond acceptors (Lipinski definition) is 5. The number of nitrogens with zero attached hydrogens (tertiary/aromatic N) is 6. The number of likely N-dealkylation sites (tertiary alicyclic amines) is 2. The molecule has 152 valence electrons. The van der Waals surface area contributed by atoms with Crippen LogP contribution in [0.4, 0.5) is 0 Å². The number of rotatable bonds is 6. The Balaban J connectivity index is 1.30. The van der Waals surface area contributed by atoms with Crippen LogP contribution in [0.15, 0.2) is 18.3 Å². The molecule has 6 nitrogen and oxygen atoms in total. The average Bonchev–Trinajstić information content (AvgIpc) is 3.10. The zero-order valence-corrected chi connectivity index (χ0v) is 17.5. The van der Waals surface area contributed by atoms with Crippen molar-refractivity contribution in [1.82, 2.24) is 29.5 Å². The SMILES string of the molecule is CCc1ccc(CN2CCC(c3nnc(CN4CCCCC4)n3C)CC2)nc1. The van der Waals surface area contributed by atoms with E-state index in [9.17, 15) is 0 Å². The highest BCUT2D eigenvalue weighted by Crippen LogP contribution is 2.27. The minimum atomic E-state index is 0.527. The lowest BCUT2D eigenvalue weighted by molar-refractivity contribution is 0.197. The van der Waals surface area contributed by atoms with E-state index in [1.54, 1.807) is 0 Å². The predicted octanol–water partition coefficient (Wildman–Crippen LogP) is 3.14. The van der Waals surface area contributed by atoms with E-state index in [1.807, 2.05) is 6.20 Å². The summed E-state index contributed by atoms with van der Waals surface area (Å²) in [6, 6.07) is 4.39. The molecule has 0 bridgehead atoms. The highest BCUT2D eigenvalue weighted by Gasteiger charge is 2.26. The molecule has 0 amide bonds. The molecule has 2 aliphatic heterocycles. The van der Waals surface area contributed by atoms with Gasteiger partial charge in [-0.3, -0.25) is 14.8 Å². The fraction of sp³-hybridized carbons (Fsp3) is 0.682. The van der Waals surface area contributed by atoms with Gasteiger partial charge in [-0.05, 0) is 69.9 Å². The van der Waals surface area contributed by atoms with Gasteiger partial charge in [-0.25, -0.2) is 0 Å². The Hall–Kier alpha value is -1.79. The molecule has 2 saturated heterocycles. The third-order valence-corrected chi connectivity index (χ3v) is 6.44.